The fourth-order valence-electron chi connectivity index (χ4n) is 3.78. The van der Waals surface area contributed by atoms with Crippen LogP contribution in [-0.4, -0.2) is 52.2 Å². The molecule has 1 saturated carbocycles. The van der Waals surface area contributed by atoms with Crippen LogP contribution < -0.4 is 0 Å². The van der Waals surface area contributed by atoms with Gasteiger partial charge in [-0.25, -0.2) is 9.78 Å². The van der Waals surface area contributed by atoms with Gasteiger partial charge in [0.25, 0.3) is 5.91 Å². The van der Waals surface area contributed by atoms with Gasteiger partial charge in [0.1, 0.15) is 11.4 Å². The number of carbonyl (C=O) groups excluding carboxylic acids is 1. The molecule has 25 heavy (non-hydrogen) atoms. The Morgan fingerprint density at radius 1 is 1.20 bits per heavy atom. The molecule has 1 saturated heterocycles. The molecule has 1 atom stereocenters. The monoisotopic (exact) mass is 346 g/mol. The van der Waals surface area contributed by atoms with E-state index in [-0.39, 0.29) is 29.4 Å². The highest BCUT2D eigenvalue weighted by Crippen LogP contribution is 2.29. The lowest BCUT2D eigenvalue weighted by atomic mass is 9.86. The predicted molar refractivity (Wildman–Crippen MR) is 92.6 cm³/mol. The number of carboxylic acids is 1. The lowest BCUT2D eigenvalue weighted by Crippen LogP contribution is -2.46. The molecule has 0 bridgehead atoms. The van der Waals surface area contributed by atoms with Gasteiger partial charge in [0.05, 0.1) is 6.10 Å². The van der Waals surface area contributed by atoms with Crippen molar-refractivity contribution in [1.29, 1.82) is 0 Å². The number of ether oxygens (including phenoxy) is 1. The topological polar surface area (TPSA) is 79.7 Å². The molecule has 1 amide bonds. The molecular weight excluding hydrogens is 320 g/mol. The third-order valence-electron chi connectivity index (χ3n) is 5.30. The number of carbonyl (C=O) groups is 2. The lowest BCUT2D eigenvalue weighted by Gasteiger charge is -2.37. The summed E-state index contributed by atoms with van der Waals surface area (Å²) in [5, 5.41) is 9.13. The molecule has 0 unspecified atom stereocenters. The Morgan fingerprint density at radius 3 is 2.56 bits per heavy atom. The van der Waals surface area contributed by atoms with Crippen molar-refractivity contribution >= 4 is 11.9 Å². The van der Waals surface area contributed by atoms with Crippen molar-refractivity contribution in [3.63, 3.8) is 0 Å². The van der Waals surface area contributed by atoms with E-state index in [0.29, 0.717) is 12.5 Å². The fourth-order valence-corrected chi connectivity index (χ4v) is 3.78. The number of rotatable bonds is 5. The standard InChI is InChI=1S/C19H26N2O4/c1-13-7-9-14(10-8-13)21(12-15-4-3-11-25-15)18(22)16-5-2-6-17(20-16)19(23)24/h2,5-6,13-15H,3-4,7-12H2,1H3,(H,23,24)/t13?,14?,15-/m1/s1. The summed E-state index contributed by atoms with van der Waals surface area (Å²) in [6, 6.07) is 4.77. The minimum atomic E-state index is -1.12. The fraction of sp³-hybridized carbons (Fsp3) is 0.632. The molecule has 3 rings (SSSR count). The summed E-state index contributed by atoms with van der Waals surface area (Å²) in [4.78, 5) is 30.2. The molecule has 136 valence electrons. The summed E-state index contributed by atoms with van der Waals surface area (Å²) in [7, 11) is 0. The maximum absolute atomic E-state index is 13.1. The zero-order valence-electron chi connectivity index (χ0n) is 14.7. The smallest absolute Gasteiger partial charge is 0.354 e. The van der Waals surface area contributed by atoms with Crippen LogP contribution in [-0.2, 0) is 4.74 Å². The van der Waals surface area contributed by atoms with Crippen molar-refractivity contribution in [1.82, 2.24) is 9.88 Å². The van der Waals surface area contributed by atoms with Gasteiger partial charge in [-0.1, -0.05) is 13.0 Å². The van der Waals surface area contributed by atoms with Crippen LogP contribution in [0.2, 0.25) is 0 Å². The highest BCUT2D eigenvalue weighted by Gasteiger charge is 2.32. The Morgan fingerprint density at radius 2 is 1.92 bits per heavy atom. The maximum atomic E-state index is 13.1. The Labute approximate surface area is 148 Å². The largest absolute Gasteiger partial charge is 0.477 e. The second kappa shape index (κ2) is 7.95. The van der Waals surface area contributed by atoms with Crippen LogP contribution in [0, 0.1) is 5.92 Å². The maximum Gasteiger partial charge on any atom is 0.354 e. The van der Waals surface area contributed by atoms with Crippen LogP contribution >= 0.6 is 0 Å². The van der Waals surface area contributed by atoms with Gasteiger partial charge in [0.2, 0.25) is 0 Å². The first-order valence-electron chi connectivity index (χ1n) is 9.17. The van der Waals surface area contributed by atoms with E-state index in [1.807, 2.05) is 4.90 Å². The van der Waals surface area contributed by atoms with Gasteiger partial charge in [-0.05, 0) is 56.6 Å². The molecule has 1 aromatic heterocycles. The van der Waals surface area contributed by atoms with E-state index in [1.54, 1.807) is 12.1 Å². The van der Waals surface area contributed by atoms with Crippen molar-refractivity contribution < 1.29 is 19.4 Å². The average molecular weight is 346 g/mol. The van der Waals surface area contributed by atoms with E-state index < -0.39 is 5.97 Å². The summed E-state index contributed by atoms with van der Waals surface area (Å²) in [6.07, 6.45) is 6.27. The number of hydrogen-bond donors (Lipinski definition) is 1. The molecular formula is C19H26N2O4. The number of aromatic nitrogens is 1. The summed E-state index contributed by atoms with van der Waals surface area (Å²) in [5.41, 5.74) is 0.108. The normalized spacial score (nSPS) is 26.4. The zero-order chi connectivity index (χ0) is 17.8. The van der Waals surface area contributed by atoms with Gasteiger partial charge >= 0.3 is 5.97 Å². The number of hydrogen-bond acceptors (Lipinski definition) is 4. The predicted octanol–water partition coefficient (Wildman–Crippen LogP) is 2.98. The van der Waals surface area contributed by atoms with Gasteiger partial charge in [0.15, 0.2) is 0 Å². The minimum Gasteiger partial charge on any atom is -0.477 e. The molecule has 0 spiro atoms. The lowest BCUT2D eigenvalue weighted by molar-refractivity contribution is 0.0337. The molecule has 2 aliphatic rings. The Balaban J connectivity index is 1.80. The molecule has 2 fully saturated rings. The number of aromatic carboxylic acids is 1. The van der Waals surface area contributed by atoms with E-state index in [0.717, 1.165) is 45.1 Å². The van der Waals surface area contributed by atoms with Gasteiger partial charge in [-0.2, -0.15) is 0 Å². The van der Waals surface area contributed by atoms with Crippen LogP contribution in [0.4, 0.5) is 0 Å². The average Bonchev–Trinajstić information content (AvgIpc) is 3.13. The van der Waals surface area contributed by atoms with Gasteiger partial charge in [-0.15, -0.1) is 0 Å². The first kappa shape index (κ1) is 17.9. The molecule has 1 aliphatic carbocycles. The highest BCUT2D eigenvalue weighted by molar-refractivity contribution is 5.94. The van der Waals surface area contributed by atoms with Crippen LogP contribution in [0.25, 0.3) is 0 Å². The molecule has 1 aliphatic heterocycles. The highest BCUT2D eigenvalue weighted by atomic mass is 16.5. The molecule has 1 aromatic rings. The Bertz CT molecular complexity index is 620. The van der Waals surface area contributed by atoms with Gasteiger partial charge in [-0.3, -0.25) is 4.79 Å². The van der Waals surface area contributed by atoms with Crippen molar-refractivity contribution in [2.45, 2.75) is 57.6 Å². The van der Waals surface area contributed by atoms with Gasteiger partial charge < -0.3 is 14.7 Å². The van der Waals surface area contributed by atoms with Crippen molar-refractivity contribution in [3.8, 4) is 0 Å². The van der Waals surface area contributed by atoms with E-state index >= 15 is 0 Å². The SMILES string of the molecule is CC1CCC(N(C[C@H]2CCCO2)C(=O)c2cccc(C(=O)O)n2)CC1. The number of carboxylic acid groups (broad SMARTS) is 1. The molecule has 1 N–H and O–H groups in total. The quantitative estimate of drug-likeness (QED) is 0.886. The van der Waals surface area contributed by atoms with Crippen molar-refractivity contribution in [2.75, 3.05) is 13.2 Å². The van der Waals surface area contributed by atoms with Crippen molar-refractivity contribution in [2.24, 2.45) is 5.92 Å². The van der Waals surface area contributed by atoms with Crippen LogP contribution in [0.15, 0.2) is 18.2 Å². The number of nitrogens with zero attached hydrogens (tertiary/aromatic N) is 2. The van der Waals surface area contributed by atoms with E-state index in [2.05, 4.69) is 11.9 Å². The molecule has 6 heteroatoms. The van der Waals surface area contributed by atoms with E-state index in [4.69, 9.17) is 9.84 Å². The zero-order valence-corrected chi connectivity index (χ0v) is 14.7. The molecule has 6 nitrogen and oxygen atoms in total. The van der Waals surface area contributed by atoms with Crippen molar-refractivity contribution in [3.05, 3.63) is 29.6 Å². The summed E-state index contributed by atoms with van der Waals surface area (Å²) in [6.45, 7) is 3.57. The second-order valence-electron chi connectivity index (χ2n) is 7.22. The van der Waals surface area contributed by atoms with E-state index in [9.17, 15) is 9.59 Å². The number of amides is 1. The third-order valence-corrected chi connectivity index (χ3v) is 5.30. The first-order chi connectivity index (χ1) is 12.0. The Hall–Kier alpha value is -1.95. The minimum absolute atomic E-state index is 0.0750. The number of pyridine rings is 1. The van der Waals surface area contributed by atoms with Crippen LogP contribution in [0.1, 0.15) is 66.4 Å². The second-order valence-corrected chi connectivity index (χ2v) is 7.22. The van der Waals surface area contributed by atoms with E-state index in [1.165, 1.54) is 6.07 Å². The summed E-state index contributed by atoms with van der Waals surface area (Å²) >= 11 is 0. The Kier molecular flexibility index (Phi) is 5.68. The molecule has 0 radical (unpaired) electrons. The third kappa shape index (κ3) is 4.37. The molecule has 0 aromatic carbocycles. The first-order valence-corrected chi connectivity index (χ1v) is 9.17. The molecule has 2 heterocycles. The van der Waals surface area contributed by atoms with Crippen LogP contribution in [0.3, 0.4) is 0 Å². The summed E-state index contributed by atoms with van der Waals surface area (Å²) < 4.78 is 5.73. The van der Waals surface area contributed by atoms with Crippen LogP contribution in [0.5, 0.6) is 0 Å². The summed E-state index contributed by atoms with van der Waals surface area (Å²) in [5.74, 6) is -0.602. The van der Waals surface area contributed by atoms with Gasteiger partial charge in [0, 0.05) is 19.2 Å².